The van der Waals surface area contributed by atoms with Gasteiger partial charge in [0.05, 0.1) is 13.0 Å². The van der Waals surface area contributed by atoms with Crippen LogP contribution in [0.3, 0.4) is 0 Å². The van der Waals surface area contributed by atoms with Crippen molar-refractivity contribution in [1.82, 2.24) is 5.48 Å². The summed E-state index contributed by atoms with van der Waals surface area (Å²) in [6.07, 6.45) is 0.511. The Bertz CT molecular complexity index is 374. The molecule has 2 rings (SSSR count). The molecule has 1 aliphatic heterocycles. The molecular formula is C12H15NO3. The number of carbonyl (C=O) groups is 1. The molecule has 1 heterocycles. The second kappa shape index (κ2) is 5.09. The number of hydrogen-bond donors (Lipinski definition) is 1. The fraction of sp³-hybridized carbons (Fsp3) is 0.417. The molecule has 0 aromatic heterocycles. The lowest BCUT2D eigenvalue weighted by molar-refractivity contribution is -0.133. The van der Waals surface area contributed by atoms with Gasteiger partial charge in [0.25, 0.3) is 0 Å². The highest BCUT2D eigenvalue weighted by atomic mass is 16.7. The number of rotatable bonds is 5. The first kappa shape index (κ1) is 11.1. The van der Waals surface area contributed by atoms with E-state index in [0.717, 1.165) is 17.7 Å². The molecule has 0 bridgehead atoms. The van der Waals surface area contributed by atoms with Gasteiger partial charge in [0.2, 0.25) is 5.91 Å². The molecule has 1 aromatic carbocycles. The number of ether oxygens (including phenoxy) is 1. The fourth-order valence-electron chi connectivity index (χ4n) is 1.40. The summed E-state index contributed by atoms with van der Waals surface area (Å²) in [5.41, 5.74) is 4.54. The van der Waals surface area contributed by atoms with E-state index >= 15 is 0 Å². The van der Waals surface area contributed by atoms with E-state index in [2.05, 4.69) is 5.48 Å². The molecule has 0 spiro atoms. The number of hydrogen-bond acceptors (Lipinski definition) is 3. The molecule has 86 valence electrons. The van der Waals surface area contributed by atoms with Gasteiger partial charge in [-0.05, 0) is 18.1 Å². The summed E-state index contributed by atoms with van der Waals surface area (Å²) in [6.45, 7) is 3.15. The van der Waals surface area contributed by atoms with E-state index in [1.165, 1.54) is 0 Å². The van der Waals surface area contributed by atoms with Gasteiger partial charge in [0, 0.05) is 0 Å². The molecule has 1 aromatic rings. The Morgan fingerprint density at radius 2 is 2.31 bits per heavy atom. The second-order valence-electron chi connectivity index (χ2n) is 3.89. The summed E-state index contributed by atoms with van der Waals surface area (Å²) < 4.78 is 4.95. The van der Waals surface area contributed by atoms with Crippen molar-refractivity contribution in [2.75, 3.05) is 13.2 Å². The molecule has 1 fully saturated rings. The number of aryl methyl sites for hydroxylation is 1. The van der Waals surface area contributed by atoms with Crippen molar-refractivity contribution in [2.24, 2.45) is 0 Å². The van der Waals surface area contributed by atoms with E-state index in [-0.39, 0.29) is 12.0 Å². The SMILES string of the molecule is Cc1ccccc1CC(=O)NOCC1CO1. The van der Waals surface area contributed by atoms with Gasteiger partial charge >= 0.3 is 0 Å². The highest BCUT2D eigenvalue weighted by Crippen LogP contribution is 2.09. The Hall–Kier alpha value is -1.39. The molecule has 16 heavy (non-hydrogen) atoms. The third kappa shape index (κ3) is 3.32. The Balaban J connectivity index is 1.75. The van der Waals surface area contributed by atoms with Gasteiger partial charge in [-0.3, -0.25) is 9.63 Å². The molecule has 4 heteroatoms. The van der Waals surface area contributed by atoms with Crippen LogP contribution in [-0.4, -0.2) is 25.2 Å². The van der Waals surface area contributed by atoms with E-state index in [0.29, 0.717) is 13.0 Å². The van der Waals surface area contributed by atoms with Crippen LogP contribution < -0.4 is 5.48 Å². The quantitative estimate of drug-likeness (QED) is 0.595. The van der Waals surface area contributed by atoms with E-state index in [1.807, 2.05) is 31.2 Å². The molecule has 1 N–H and O–H groups in total. The van der Waals surface area contributed by atoms with Crippen molar-refractivity contribution in [3.63, 3.8) is 0 Å². The van der Waals surface area contributed by atoms with Crippen LogP contribution in [0.2, 0.25) is 0 Å². The lowest BCUT2D eigenvalue weighted by atomic mass is 10.1. The van der Waals surface area contributed by atoms with Gasteiger partial charge in [-0.2, -0.15) is 0 Å². The van der Waals surface area contributed by atoms with Gasteiger partial charge in [0.1, 0.15) is 12.7 Å². The van der Waals surface area contributed by atoms with E-state index in [4.69, 9.17) is 9.57 Å². The summed E-state index contributed by atoms with van der Waals surface area (Å²) >= 11 is 0. The van der Waals surface area contributed by atoms with Crippen molar-refractivity contribution >= 4 is 5.91 Å². The number of epoxide rings is 1. The zero-order valence-electron chi connectivity index (χ0n) is 9.23. The van der Waals surface area contributed by atoms with Gasteiger partial charge in [-0.25, -0.2) is 5.48 Å². The summed E-state index contributed by atoms with van der Waals surface area (Å²) in [5.74, 6) is -0.130. The average molecular weight is 221 g/mol. The predicted molar refractivity (Wildman–Crippen MR) is 58.7 cm³/mol. The zero-order chi connectivity index (χ0) is 11.4. The molecule has 0 radical (unpaired) electrons. The van der Waals surface area contributed by atoms with E-state index in [1.54, 1.807) is 0 Å². The smallest absolute Gasteiger partial charge is 0.247 e. The van der Waals surface area contributed by atoms with Crippen LogP contribution in [0.25, 0.3) is 0 Å². The summed E-state index contributed by atoms with van der Waals surface area (Å²) in [5, 5.41) is 0. The van der Waals surface area contributed by atoms with Crippen molar-refractivity contribution in [1.29, 1.82) is 0 Å². The molecule has 0 aliphatic carbocycles. The highest BCUT2D eigenvalue weighted by molar-refractivity contribution is 5.77. The molecular weight excluding hydrogens is 206 g/mol. The molecule has 1 aliphatic rings. The second-order valence-corrected chi connectivity index (χ2v) is 3.89. The van der Waals surface area contributed by atoms with Crippen LogP contribution in [0, 0.1) is 6.92 Å². The fourth-order valence-corrected chi connectivity index (χ4v) is 1.40. The van der Waals surface area contributed by atoms with Crippen LogP contribution in [-0.2, 0) is 20.8 Å². The van der Waals surface area contributed by atoms with Crippen LogP contribution in [0.5, 0.6) is 0 Å². The largest absolute Gasteiger partial charge is 0.371 e. The highest BCUT2D eigenvalue weighted by Gasteiger charge is 2.22. The summed E-state index contributed by atoms with van der Waals surface area (Å²) in [4.78, 5) is 16.5. The minimum absolute atomic E-state index is 0.130. The Labute approximate surface area is 94.5 Å². The Morgan fingerprint density at radius 3 is 3.00 bits per heavy atom. The standard InChI is InChI=1S/C12H15NO3/c1-9-4-2-3-5-10(9)6-12(14)13-16-8-11-7-15-11/h2-5,11H,6-8H2,1H3,(H,13,14). The number of amides is 1. The third-order valence-corrected chi connectivity index (χ3v) is 2.47. The average Bonchev–Trinajstić information content (AvgIpc) is 3.05. The minimum atomic E-state index is -0.130. The maximum absolute atomic E-state index is 11.5. The van der Waals surface area contributed by atoms with Crippen molar-refractivity contribution < 1.29 is 14.4 Å². The normalized spacial score (nSPS) is 18.2. The minimum Gasteiger partial charge on any atom is -0.371 e. The Kier molecular flexibility index (Phi) is 3.54. The first-order chi connectivity index (χ1) is 7.75. The first-order valence-electron chi connectivity index (χ1n) is 5.32. The van der Waals surface area contributed by atoms with Crippen LogP contribution in [0.4, 0.5) is 0 Å². The molecule has 4 nitrogen and oxygen atoms in total. The monoisotopic (exact) mass is 221 g/mol. The number of benzene rings is 1. The molecule has 1 saturated heterocycles. The topological polar surface area (TPSA) is 50.9 Å². The maximum atomic E-state index is 11.5. The molecule has 0 saturated carbocycles. The van der Waals surface area contributed by atoms with Crippen molar-refractivity contribution in [3.8, 4) is 0 Å². The molecule has 1 unspecified atom stereocenters. The number of carbonyl (C=O) groups excluding carboxylic acids is 1. The van der Waals surface area contributed by atoms with Crippen molar-refractivity contribution in [3.05, 3.63) is 35.4 Å². The third-order valence-electron chi connectivity index (χ3n) is 2.47. The summed E-state index contributed by atoms with van der Waals surface area (Å²) in [7, 11) is 0. The van der Waals surface area contributed by atoms with Gasteiger partial charge in [-0.1, -0.05) is 24.3 Å². The molecule has 1 amide bonds. The zero-order valence-corrected chi connectivity index (χ0v) is 9.23. The number of hydroxylamine groups is 1. The maximum Gasteiger partial charge on any atom is 0.247 e. The van der Waals surface area contributed by atoms with Crippen LogP contribution in [0.1, 0.15) is 11.1 Å². The Morgan fingerprint density at radius 1 is 1.56 bits per heavy atom. The van der Waals surface area contributed by atoms with E-state index < -0.39 is 0 Å². The van der Waals surface area contributed by atoms with Gasteiger partial charge < -0.3 is 4.74 Å². The van der Waals surface area contributed by atoms with Crippen LogP contribution in [0.15, 0.2) is 24.3 Å². The predicted octanol–water partition coefficient (Wildman–Crippen LogP) is 0.984. The van der Waals surface area contributed by atoms with Gasteiger partial charge in [0.15, 0.2) is 0 Å². The lowest BCUT2D eigenvalue weighted by Crippen LogP contribution is -2.27. The first-order valence-corrected chi connectivity index (χ1v) is 5.32. The number of nitrogens with one attached hydrogen (secondary N) is 1. The van der Waals surface area contributed by atoms with Crippen molar-refractivity contribution in [2.45, 2.75) is 19.4 Å². The van der Waals surface area contributed by atoms with Gasteiger partial charge in [-0.15, -0.1) is 0 Å². The summed E-state index contributed by atoms with van der Waals surface area (Å²) in [6, 6.07) is 7.81. The lowest BCUT2D eigenvalue weighted by Gasteiger charge is -2.06. The van der Waals surface area contributed by atoms with E-state index in [9.17, 15) is 4.79 Å². The molecule has 1 atom stereocenters. The van der Waals surface area contributed by atoms with Crippen LogP contribution >= 0.6 is 0 Å².